The van der Waals surface area contributed by atoms with Gasteiger partial charge in [0.25, 0.3) is 0 Å². The molecule has 2 aromatic rings. The minimum Gasteiger partial charge on any atom is -0.511 e. The van der Waals surface area contributed by atoms with Gasteiger partial charge in [-0.2, -0.15) is 0 Å². The lowest BCUT2D eigenvalue weighted by Gasteiger charge is -2.47. The van der Waals surface area contributed by atoms with Crippen LogP contribution in [-0.4, -0.2) is 62.1 Å². The van der Waals surface area contributed by atoms with E-state index in [0.717, 1.165) is 9.75 Å². The zero-order chi connectivity index (χ0) is 23.0. The number of esters is 2. The Labute approximate surface area is 194 Å². The Hall–Kier alpha value is -2.21. The highest BCUT2D eigenvalue weighted by Crippen LogP contribution is 2.52. The number of hydrogen-bond donors (Lipinski definition) is 1. The number of rotatable bonds is 5. The van der Waals surface area contributed by atoms with Gasteiger partial charge in [0.2, 0.25) is 0 Å². The van der Waals surface area contributed by atoms with Crippen LogP contribution in [-0.2, 0) is 28.9 Å². The second-order valence-electron chi connectivity index (χ2n) is 7.67. The molecular weight excluding hydrogens is 474 g/mol. The lowest BCUT2D eigenvalue weighted by atomic mass is 9.81. The SMILES string of the molecule is COC(=O)C1=C(O)C(C(=O)OC)C(c2cccs2)N(C2CCS(=O)(=O)C2)C1c1cccs1. The standard InChI is InChI=1S/C21H23NO7S3/c1-28-20(24)15-17(13-5-3-8-30-13)22(12-7-10-32(26,27)11-12)18(14-6-4-9-31-14)16(19(15)23)21(25)29-2/h3-6,8-9,12,15,17-18,23H,7,10-11H2,1-2H3. The van der Waals surface area contributed by atoms with Gasteiger partial charge in [0.05, 0.1) is 43.4 Å². The Kier molecular flexibility index (Phi) is 6.44. The van der Waals surface area contributed by atoms with Gasteiger partial charge in [0, 0.05) is 15.8 Å². The molecule has 1 saturated heterocycles. The van der Waals surface area contributed by atoms with E-state index in [-0.39, 0.29) is 17.1 Å². The summed E-state index contributed by atoms with van der Waals surface area (Å²) in [6.07, 6.45) is 0.356. The van der Waals surface area contributed by atoms with Gasteiger partial charge in [-0.25, -0.2) is 13.2 Å². The first-order valence-electron chi connectivity index (χ1n) is 9.93. The van der Waals surface area contributed by atoms with E-state index < -0.39 is 51.6 Å². The molecule has 4 heterocycles. The fourth-order valence-electron chi connectivity index (χ4n) is 4.59. The van der Waals surface area contributed by atoms with Gasteiger partial charge in [-0.15, -0.1) is 22.7 Å². The van der Waals surface area contributed by atoms with Crippen molar-refractivity contribution in [3.8, 4) is 0 Å². The molecule has 0 aliphatic carbocycles. The lowest BCUT2D eigenvalue weighted by Crippen LogP contribution is -2.51. The van der Waals surface area contributed by atoms with E-state index >= 15 is 0 Å². The van der Waals surface area contributed by atoms with Crippen LogP contribution in [0.5, 0.6) is 0 Å². The molecule has 2 aliphatic heterocycles. The van der Waals surface area contributed by atoms with Crippen molar-refractivity contribution in [2.24, 2.45) is 5.92 Å². The molecule has 4 atom stereocenters. The third kappa shape index (κ3) is 3.98. The fraction of sp³-hybridized carbons (Fsp3) is 0.429. The van der Waals surface area contributed by atoms with Crippen molar-refractivity contribution in [3.63, 3.8) is 0 Å². The van der Waals surface area contributed by atoms with E-state index in [0.29, 0.717) is 6.42 Å². The molecule has 0 radical (unpaired) electrons. The molecule has 172 valence electrons. The van der Waals surface area contributed by atoms with Gasteiger partial charge in [0.1, 0.15) is 11.7 Å². The highest BCUT2D eigenvalue weighted by molar-refractivity contribution is 7.91. The van der Waals surface area contributed by atoms with E-state index in [1.165, 1.54) is 36.9 Å². The average molecular weight is 498 g/mol. The maximum atomic E-state index is 12.9. The minimum absolute atomic E-state index is 0.0225. The summed E-state index contributed by atoms with van der Waals surface area (Å²) in [6, 6.07) is 5.38. The van der Waals surface area contributed by atoms with Crippen LogP contribution in [0.15, 0.2) is 46.4 Å². The van der Waals surface area contributed by atoms with Crippen molar-refractivity contribution in [1.29, 1.82) is 0 Å². The van der Waals surface area contributed by atoms with E-state index in [1.54, 1.807) is 0 Å². The zero-order valence-electron chi connectivity index (χ0n) is 17.5. The van der Waals surface area contributed by atoms with Crippen LogP contribution in [0, 0.1) is 5.92 Å². The predicted octanol–water partition coefficient (Wildman–Crippen LogP) is 2.87. The van der Waals surface area contributed by atoms with Crippen molar-refractivity contribution in [2.75, 3.05) is 25.7 Å². The Morgan fingerprint density at radius 3 is 2.25 bits per heavy atom. The first-order chi connectivity index (χ1) is 15.3. The number of ether oxygens (including phenoxy) is 2. The first kappa shape index (κ1) is 23.0. The van der Waals surface area contributed by atoms with Crippen LogP contribution < -0.4 is 0 Å². The molecule has 0 aromatic carbocycles. The summed E-state index contributed by atoms with van der Waals surface area (Å²) >= 11 is 2.78. The molecule has 1 N–H and O–H groups in total. The molecule has 0 saturated carbocycles. The van der Waals surface area contributed by atoms with Crippen molar-refractivity contribution in [2.45, 2.75) is 24.5 Å². The summed E-state index contributed by atoms with van der Waals surface area (Å²) < 4.78 is 34.8. The summed E-state index contributed by atoms with van der Waals surface area (Å²) in [4.78, 5) is 29.2. The normalized spacial score (nSPS) is 27.9. The van der Waals surface area contributed by atoms with E-state index in [4.69, 9.17) is 9.47 Å². The molecule has 32 heavy (non-hydrogen) atoms. The fourth-order valence-corrected chi connectivity index (χ4v) is 8.02. The Balaban J connectivity index is 2.00. The summed E-state index contributed by atoms with van der Waals surface area (Å²) in [7, 11) is -0.853. The first-order valence-corrected chi connectivity index (χ1v) is 13.5. The number of aliphatic hydroxyl groups is 1. The highest BCUT2D eigenvalue weighted by Gasteiger charge is 2.54. The molecule has 0 spiro atoms. The predicted molar refractivity (Wildman–Crippen MR) is 120 cm³/mol. The van der Waals surface area contributed by atoms with Gasteiger partial charge < -0.3 is 14.6 Å². The quantitative estimate of drug-likeness (QED) is 0.628. The van der Waals surface area contributed by atoms with Crippen molar-refractivity contribution < 1.29 is 32.6 Å². The molecule has 2 aliphatic rings. The van der Waals surface area contributed by atoms with Crippen molar-refractivity contribution in [3.05, 3.63) is 56.1 Å². The summed E-state index contributed by atoms with van der Waals surface area (Å²) in [5.41, 5.74) is -0.0672. The number of sulfone groups is 1. The maximum Gasteiger partial charge on any atom is 0.339 e. The van der Waals surface area contributed by atoms with E-state index in [2.05, 4.69) is 0 Å². The highest BCUT2D eigenvalue weighted by atomic mass is 32.2. The number of hydrogen-bond acceptors (Lipinski definition) is 10. The third-order valence-electron chi connectivity index (χ3n) is 5.92. The van der Waals surface area contributed by atoms with Gasteiger partial charge >= 0.3 is 11.9 Å². The largest absolute Gasteiger partial charge is 0.511 e. The van der Waals surface area contributed by atoms with Crippen LogP contribution in [0.1, 0.15) is 28.3 Å². The smallest absolute Gasteiger partial charge is 0.339 e. The molecule has 1 fully saturated rings. The van der Waals surface area contributed by atoms with Crippen LogP contribution in [0.3, 0.4) is 0 Å². The van der Waals surface area contributed by atoms with Crippen LogP contribution in [0.25, 0.3) is 0 Å². The summed E-state index contributed by atoms with van der Waals surface area (Å²) in [5.74, 6) is -3.16. The zero-order valence-corrected chi connectivity index (χ0v) is 19.9. The molecule has 2 aromatic heterocycles. The van der Waals surface area contributed by atoms with Crippen molar-refractivity contribution in [1.82, 2.24) is 4.90 Å². The molecule has 4 unspecified atom stereocenters. The molecule has 0 amide bonds. The molecule has 11 heteroatoms. The molecule has 8 nitrogen and oxygen atoms in total. The number of thiophene rings is 2. The lowest BCUT2D eigenvalue weighted by molar-refractivity contribution is -0.150. The maximum absolute atomic E-state index is 12.9. The number of carbonyl (C=O) groups excluding carboxylic acids is 2. The van der Waals surface area contributed by atoms with E-state index in [1.807, 2.05) is 39.9 Å². The number of carbonyl (C=O) groups is 2. The molecule has 0 bridgehead atoms. The van der Waals surface area contributed by atoms with Crippen LogP contribution >= 0.6 is 22.7 Å². The summed E-state index contributed by atoms with van der Waals surface area (Å²) in [5, 5.41) is 15.0. The number of nitrogens with zero attached hydrogens (tertiary/aromatic N) is 1. The van der Waals surface area contributed by atoms with E-state index in [9.17, 15) is 23.1 Å². The summed E-state index contributed by atoms with van der Waals surface area (Å²) in [6.45, 7) is 0. The Bertz CT molecular complexity index is 1120. The molecule has 4 rings (SSSR count). The van der Waals surface area contributed by atoms with Crippen molar-refractivity contribution >= 4 is 44.4 Å². The Morgan fingerprint density at radius 2 is 1.75 bits per heavy atom. The third-order valence-corrected chi connectivity index (χ3v) is 9.53. The monoisotopic (exact) mass is 497 g/mol. The number of aliphatic hydroxyl groups excluding tert-OH is 1. The van der Waals surface area contributed by atoms with Gasteiger partial charge in [0.15, 0.2) is 9.84 Å². The van der Waals surface area contributed by atoms with Gasteiger partial charge in [-0.1, -0.05) is 12.1 Å². The minimum atomic E-state index is -3.28. The number of methoxy groups -OCH3 is 2. The second kappa shape index (κ2) is 8.97. The van der Waals surface area contributed by atoms with Gasteiger partial charge in [-0.3, -0.25) is 9.69 Å². The topological polar surface area (TPSA) is 110 Å². The second-order valence-corrected chi connectivity index (χ2v) is 11.9. The average Bonchev–Trinajstić information content (AvgIpc) is 3.53. The van der Waals surface area contributed by atoms with Crippen LogP contribution in [0.2, 0.25) is 0 Å². The van der Waals surface area contributed by atoms with Crippen LogP contribution in [0.4, 0.5) is 0 Å². The Morgan fingerprint density at radius 1 is 1.09 bits per heavy atom. The molecular formula is C21H23NO7S3. The van der Waals surface area contributed by atoms with Gasteiger partial charge in [-0.05, 0) is 29.3 Å².